The molecule has 0 amide bonds. The molecular formula is C6H3F3NO4-. The third-order valence-electron chi connectivity index (χ3n) is 1.22. The van der Waals surface area contributed by atoms with Gasteiger partial charge in [0, 0.05) is 6.20 Å². The quantitative estimate of drug-likeness (QED) is 0.540. The van der Waals surface area contributed by atoms with Crippen LogP contribution in [0.1, 0.15) is 5.56 Å². The molecule has 0 fully saturated rings. The molecule has 78 valence electrons. The van der Waals surface area contributed by atoms with Gasteiger partial charge in [-0.25, -0.2) is 4.98 Å². The van der Waals surface area contributed by atoms with Crippen molar-refractivity contribution in [2.75, 3.05) is 0 Å². The summed E-state index contributed by atoms with van der Waals surface area (Å²) < 4.78 is 36.5. The Bertz CT molecular complexity index is 303. The monoisotopic (exact) mass is 210 g/mol. The summed E-state index contributed by atoms with van der Waals surface area (Å²) in [5, 5.41) is 15.4. The van der Waals surface area contributed by atoms with Crippen molar-refractivity contribution in [1.82, 2.24) is 4.98 Å². The van der Waals surface area contributed by atoms with Gasteiger partial charge in [-0.3, -0.25) is 9.93 Å². The number of rotatable bonds is 3. The second kappa shape index (κ2) is 4.22. The van der Waals surface area contributed by atoms with Crippen LogP contribution >= 0.6 is 0 Å². The number of alkyl halides is 3. The van der Waals surface area contributed by atoms with Gasteiger partial charge in [0.2, 0.25) is 0 Å². The van der Waals surface area contributed by atoms with E-state index in [0.29, 0.717) is 0 Å². The summed E-state index contributed by atoms with van der Waals surface area (Å²) in [6.07, 6.45) is -3.60. The second-order valence-corrected chi connectivity index (χ2v) is 2.07. The van der Waals surface area contributed by atoms with Gasteiger partial charge in [-0.2, -0.15) is 13.2 Å². The van der Waals surface area contributed by atoms with Crippen LogP contribution in [0.2, 0.25) is 0 Å². The fourth-order valence-electron chi connectivity index (χ4n) is 0.719. The third kappa shape index (κ3) is 2.55. The fraction of sp³-hybridized carbons (Fsp3) is 0.167. The molecule has 0 aliphatic rings. The Labute approximate surface area is 75.4 Å². The van der Waals surface area contributed by atoms with E-state index in [9.17, 15) is 18.4 Å². The first-order valence-corrected chi connectivity index (χ1v) is 3.21. The minimum Gasteiger partial charge on any atom is -0.689 e. The molecule has 8 heteroatoms. The molecule has 0 aliphatic carbocycles. The van der Waals surface area contributed by atoms with Crippen molar-refractivity contribution in [3.05, 3.63) is 23.9 Å². The van der Waals surface area contributed by atoms with E-state index in [1.165, 1.54) is 0 Å². The zero-order chi connectivity index (χ0) is 10.6. The van der Waals surface area contributed by atoms with E-state index >= 15 is 0 Å². The van der Waals surface area contributed by atoms with Crippen LogP contribution in [0, 0.1) is 0 Å². The Kier molecular flexibility index (Phi) is 3.23. The largest absolute Gasteiger partial charge is 0.689 e. The zero-order valence-corrected chi connectivity index (χ0v) is 6.45. The van der Waals surface area contributed by atoms with Crippen LogP contribution in [0.3, 0.4) is 0 Å². The molecule has 0 aliphatic heterocycles. The van der Waals surface area contributed by atoms with Gasteiger partial charge in [-0.15, -0.1) is 0 Å². The molecule has 0 radical (unpaired) electrons. The standard InChI is InChI=1S/C6H4F3NO4/c7-6(8,9)4-2-1-3-10-5(4)12-14-13-11/h1-3,11H/p-1. The van der Waals surface area contributed by atoms with Crippen LogP contribution in [0.15, 0.2) is 18.3 Å². The summed E-state index contributed by atoms with van der Waals surface area (Å²) in [4.78, 5) is 7.04. The predicted octanol–water partition coefficient (Wildman–Crippen LogP) is 0.618. The minimum atomic E-state index is -4.64. The first kappa shape index (κ1) is 10.7. The summed E-state index contributed by atoms with van der Waals surface area (Å²) in [6, 6.07) is 1.78. The smallest absolute Gasteiger partial charge is 0.421 e. The molecule has 5 nitrogen and oxygen atoms in total. The van der Waals surface area contributed by atoms with Crippen LogP contribution in [0.25, 0.3) is 0 Å². The average Bonchev–Trinajstić information content (AvgIpc) is 2.14. The number of hydrogen-bond acceptors (Lipinski definition) is 5. The van der Waals surface area contributed by atoms with Crippen molar-refractivity contribution in [3.63, 3.8) is 0 Å². The van der Waals surface area contributed by atoms with Gasteiger partial charge >= 0.3 is 6.18 Å². The predicted molar refractivity (Wildman–Crippen MR) is 32.0 cm³/mol. The molecule has 1 aromatic rings. The lowest BCUT2D eigenvalue weighted by Crippen LogP contribution is -2.13. The number of aromatic nitrogens is 1. The van der Waals surface area contributed by atoms with Crippen LogP contribution in [0.5, 0.6) is 5.88 Å². The maximum Gasteiger partial charge on any atom is 0.421 e. The SMILES string of the molecule is [O-]OOOc1ncccc1C(F)(F)F. The maximum absolute atomic E-state index is 12.2. The Morgan fingerprint density at radius 1 is 1.36 bits per heavy atom. The van der Waals surface area contributed by atoms with Gasteiger partial charge in [-0.1, -0.05) is 0 Å². The van der Waals surface area contributed by atoms with E-state index in [0.717, 1.165) is 18.3 Å². The van der Waals surface area contributed by atoms with Gasteiger partial charge in [0.1, 0.15) is 5.56 Å². The molecule has 0 aromatic carbocycles. The van der Waals surface area contributed by atoms with Crippen molar-refractivity contribution >= 4 is 0 Å². The van der Waals surface area contributed by atoms with Crippen molar-refractivity contribution < 1.29 is 33.4 Å². The average molecular weight is 210 g/mol. The second-order valence-electron chi connectivity index (χ2n) is 2.07. The van der Waals surface area contributed by atoms with Gasteiger partial charge in [0.05, 0.1) is 0 Å². The molecule has 14 heavy (non-hydrogen) atoms. The number of pyridine rings is 1. The number of halogens is 3. The summed E-state index contributed by atoms with van der Waals surface area (Å²) >= 11 is 0. The van der Waals surface area contributed by atoms with Gasteiger partial charge in [0.25, 0.3) is 5.88 Å². The first-order valence-electron chi connectivity index (χ1n) is 3.21. The molecular weight excluding hydrogens is 207 g/mol. The molecule has 1 heterocycles. The van der Waals surface area contributed by atoms with Crippen LogP contribution in [0.4, 0.5) is 13.2 Å². The van der Waals surface area contributed by atoms with E-state index < -0.39 is 17.6 Å². The molecule has 1 aromatic heterocycles. The van der Waals surface area contributed by atoms with E-state index in [4.69, 9.17) is 0 Å². The summed E-state index contributed by atoms with van der Waals surface area (Å²) in [5.41, 5.74) is -1.17. The lowest BCUT2D eigenvalue weighted by molar-refractivity contribution is -0.839. The van der Waals surface area contributed by atoms with E-state index in [1.807, 2.05) is 0 Å². The lowest BCUT2D eigenvalue weighted by atomic mass is 10.3. The maximum atomic E-state index is 12.2. The topological polar surface area (TPSA) is 63.6 Å². The van der Waals surface area contributed by atoms with Gasteiger partial charge in [-0.05, 0) is 17.2 Å². The highest BCUT2D eigenvalue weighted by Crippen LogP contribution is 2.34. The molecule has 0 N–H and O–H groups in total. The Morgan fingerprint density at radius 2 is 2.07 bits per heavy atom. The van der Waals surface area contributed by atoms with E-state index in [1.54, 1.807) is 0 Å². The third-order valence-corrected chi connectivity index (χ3v) is 1.22. The van der Waals surface area contributed by atoms with Crippen LogP contribution < -0.4 is 10.1 Å². The Morgan fingerprint density at radius 3 is 2.64 bits per heavy atom. The lowest BCUT2D eigenvalue weighted by Gasteiger charge is -2.10. The normalized spacial score (nSPS) is 11.4. The highest BCUT2D eigenvalue weighted by molar-refractivity contribution is 5.27. The van der Waals surface area contributed by atoms with Crippen LogP contribution in [-0.4, -0.2) is 4.98 Å². The van der Waals surface area contributed by atoms with Gasteiger partial charge < -0.3 is 5.26 Å². The molecule has 1 rings (SSSR count). The molecule has 0 saturated carbocycles. The highest BCUT2D eigenvalue weighted by Gasteiger charge is 2.35. The first-order chi connectivity index (χ1) is 6.55. The number of hydrogen-bond donors (Lipinski definition) is 0. The summed E-state index contributed by atoms with van der Waals surface area (Å²) in [6.45, 7) is 0. The van der Waals surface area contributed by atoms with Crippen molar-refractivity contribution in [3.8, 4) is 5.88 Å². The van der Waals surface area contributed by atoms with Crippen molar-refractivity contribution in [2.24, 2.45) is 0 Å². The Hall–Kier alpha value is -1.38. The zero-order valence-electron chi connectivity index (χ0n) is 6.45. The Balaban J connectivity index is 2.92. The number of nitrogens with zero attached hydrogens (tertiary/aromatic N) is 1. The summed E-state index contributed by atoms with van der Waals surface area (Å²) in [5.74, 6) is -0.893. The minimum absolute atomic E-state index is 0.719. The molecule has 0 saturated heterocycles. The highest BCUT2D eigenvalue weighted by atomic mass is 19.4. The van der Waals surface area contributed by atoms with Crippen LogP contribution in [-0.2, 0) is 16.3 Å². The molecule has 0 atom stereocenters. The molecule has 0 unspecified atom stereocenters. The summed E-state index contributed by atoms with van der Waals surface area (Å²) in [7, 11) is 0. The van der Waals surface area contributed by atoms with Crippen molar-refractivity contribution in [2.45, 2.75) is 6.18 Å². The van der Waals surface area contributed by atoms with E-state index in [-0.39, 0.29) is 0 Å². The van der Waals surface area contributed by atoms with E-state index in [2.05, 4.69) is 19.9 Å². The van der Waals surface area contributed by atoms with Crippen molar-refractivity contribution in [1.29, 1.82) is 0 Å². The van der Waals surface area contributed by atoms with Gasteiger partial charge in [0.15, 0.2) is 0 Å². The molecule has 0 spiro atoms. The molecule has 0 bridgehead atoms. The fourth-order valence-corrected chi connectivity index (χ4v) is 0.719.